The minimum Gasteiger partial charge on any atom is -0.339 e. The second-order valence-corrected chi connectivity index (χ2v) is 7.53. The zero-order chi connectivity index (χ0) is 16.5. The molecule has 0 saturated carbocycles. The average molecular weight is 394 g/mol. The smallest absolute Gasteiger partial charge is 0.255 e. The maximum Gasteiger partial charge on any atom is 0.255 e. The molecule has 1 aliphatic heterocycles. The van der Waals surface area contributed by atoms with E-state index >= 15 is 0 Å². The Bertz CT molecular complexity index is 690. The quantitative estimate of drug-likeness (QED) is 0.802. The summed E-state index contributed by atoms with van der Waals surface area (Å²) in [5, 5.41) is 8.25. The molecule has 1 fully saturated rings. The van der Waals surface area contributed by atoms with Crippen LogP contribution in [-0.2, 0) is 10.0 Å². The van der Waals surface area contributed by atoms with Gasteiger partial charge in [0.15, 0.2) is 0 Å². The van der Waals surface area contributed by atoms with E-state index in [1.54, 1.807) is 7.05 Å². The first kappa shape index (κ1) is 17.3. The Morgan fingerprint density at radius 3 is 2.55 bits per heavy atom. The topological polar surface area (TPSA) is 92.5 Å². The third-order valence-electron chi connectivity index (χ3n) is 3.72. The lowest BCUT2D eigenvalue weighted by Gasteiger charge is -2.32. The summed E-state index contributed by atoms with van der Waals surface area (Å²) in [6.45, 7) is 1.60. The fraction of sp³-hybridized carbons (Fsp3) is 0.462. The first-order valence-corrected chi connectivity index (χ1v) is 9.05. The lowest BCUT2D eigenvalue weighted by atomic mass is 10.0. The van der Waals surface area contributed by atoms with E-state index in [0.717, 1.165) is 38.1 Å². The molecule has 9 heteroatoms. The van der Waals surface area contributed by atoms with E-state index in [0.29, 0.717) is 0 Å². The number of nitrogens with zero attached hydrogens (tertiary/aromatic N) is 1. The van der Waals surface area contributed by atoms with Crippen molar-refractivity contribution in [2.45, 2.75) is 23.8 Å². The maximum atomic E-state index is 13.7. The predicted octanol–water partition coefficient (Wildman–Crippen LogP) is 1.06. The Hall–Kier alpha value is -1.03. The van der Waals surface area contributed by atoms with Gasteiger partial charge in [-0.3, -0.25) is 4.79 Å². The summed E-state index contributed by atoms with van der Waals surface area (Å²) in [5.41, 5.74) is -0.0509. The van der Waals surface area contributed by atoms with Crippen molar-refractivity contribution in [3.63, 3.8) is 0 Å². The molecule has 22 heavy (non-hydrogen) atoms. The minimum atomic E-state index is -4.13. The van der Waals surface area contributed by atoms with E-state index < -0.39 is 26.6 Å². The second kappa shape index (κ2) is 6.61. The Labute approximate surface area is 137 Å². The molecule has 0 aromatic heterocycles. The van der Waals surface area contributed by atoms with E-state index in [1.165, 1.54) is 4.90 Å². The number of carbonyl (C=O) groups is 1. The number of sulfonamides is 1. The number of hydrogen-bond acceptors (Lipinski definition) is 4. The number of nitrogens with two attached hydrogens (primary N) is 1. The van der Waals surface area contributed by atoms with E-state index in [4.69, 9.17) is 5.14 Å². The van der Waals surface area contributed by atoms with Gasteiger partial charge in [0.1, 0.15) is 5.82 Å². The van der Waals surface area contributed by atoms with Crippen LogP contribution in [0, 0.1) is 5.82 Å². The Morgan fingerprint density at radius 2 is 2.00 bits per heavy atom. The minimum absolute atomic E-state index is 0.0119. The summed E-state index contributed by atoms with van der Waals surface area (Å²) in [6, 6.07) is 1.83. The van der Waals surface area contributed by atoms with Crippen molar-refractivity contribution < 1.29 is 17.6 Å². The van der Waals surface area contributed by atoms with Crippen LogP contribution in [0.4, 0.5) is 4.39 Å². The zero-order valence-corrected chi connectivity index (χ0v) is 14.4. The van der Waals surface area contributed by atoms with Crippen LogP contribution in [0.25, 0.3) is 0 Å². The van der Waals surface area contributed by atoms with E-state index in [9.17, 15) is 17.6 Å². The SMILES string of the molecule is CN(C(=O)c1cc(F)cc(S(N)(=O)=O)c1Br)C1CCNCC1. The monoisotopic (exact) mass is 393 g/mol. The third kappa shape index (κ3) is 3.65. The highest BCUT2D eigenvalue weighted by Crippen LogP contribution is 2.28. The van der Waals surface area contributed by atoms with Gasteiger partial charge in [-0.1, -0.05) is 0 Å². The molecule has 1 saturated heterocycles. The molecule has 1 amide bonds. The lowest BCUT2D eigenvalue weighted by Crippen LogP contribution is -2.44. The third-order valence-corrected chi connectivity index (χ3v) is 5.77. The number of primary sulfonamides is 1. The highest BCUT2D eigenvalue weighted by molar-refractivity contribution is 9.10. The van der Waals surface area contributed by atoms with Crippen LogP contribution in [0.15, 0.2) is 21.5 Å². The summed E-state index contributed by atoms with van der Waals surface area (Å²) >= 11 is 3.06. The van der Waals surface area contributed by atoms with Gasteiger partial charge in [-0.25, -0.2) is 17.9 Å². The first-order valence-electron chi connectivity index (χ1n) is 6.71. The highest BCUT2D eigenvalue weighted by atomic mass is 79.9. The molecule has 6 nitrogen and oxygen atoms in total. The predicted molar refractivity (Wildman–Crippen MR) is 83.5 cm³/mol. The maximum absolute atomic E-state index is 13.7. The molecule has 0 bridgehead atoms. The largest absolute Gasteiger partial charge is 0.339 e. The van der Waals surface area contributed by atoms with Gasteiger partial charge in [0.05, 0.1) is 14.9 Å². The molecule has 0 atom stereocenters. The summed E-state index contributed by atoms with van der Waals surface area (Å²) in [4.78, 5) is 13.7. The Kier molecular flexibility index (Phi) is 5.21. The van der Waals surface area contributed by atoms with Crippen LogP contribution in [0.5, 0.6) is 0 Å². The van der Waals surface area contributed by atoms with Crippen LogP contribution in [0.2, 0.25) is 0 Å². The normalized spacial score (nSPS) is 16.5. The number of piperidine rings is 1. The van der Waals surface area contributed by atoms with Crippen LogP contribution < -0.4 is 10.5 Å². The van der Waals surface area contributed by atoms with Gasteiger partial charge in [-0.2, -0.15) is 0 Å². The van der Waals surface area contributed by atoms with Crippen molar-refractivity contribution in [2.24, 2.45) is 5.14 Å². The van der Waals surface area contributed by atoms with Crippen LogP contribution >= 0.6 is 15.9 Å². The summed E-state index contributed by atoms with van der Waals surface area (Å²) in [7, 11) is -2.50. The molecule has 3 N–H and O–H groups in total. The van der Waals surface area contributed by atoms with Crippen LogP contribution in [-0.4, -0.2) is 45.4 Å². The Morgan fingerprint density at radius 1 is 1.41 bits per heavy atom. The van der Waals surface area contributed by atoms with Crippen molar-refractivity contribution >= 4 is 31.9 Å². The first-order chi connectivity index (χ1) is 10.2. The van der Waals surface area contributed by atoms with E-state index in [1.807, 2.05) is 0 Å². The van der Waals surface area contributed by atoms with Gasteiger partial charge >= 0.3 is 0 Å². The van der Waals surface area contributed by atoms with Gasteiger partial charge < -0.3 is 10.2 Å². The van der Waals surface area contributed by atoms with Crippen molar-refractivity contribution in [3.8, 4) is 0 Å². The summed E-state index contributed by atoms with van der Waals surface area (Å²) in [6.07, 6.45) is 1.58. The highest BCUT2D eigenvalue weighted by Gasteiger charge is 2.27. The molecular weight excluding hydrogens is 377 g/mol. The molecule has 2 rings (SSSR count). The fourth-order valence-electron chi connectivity index (χ4n) is 2.48. The van der Waals surface area contributed by atoms with E-state index in [-0.39, 0.29) is 16.1 Å². The van der Waals surface area contributed by atoms with Crippen molar-refractivity contribution in [3.05, 3.63) is 28.0 Å². The van der Waals surface area contributed by atoms with Crippen molar-refractivity contribution in [1.29, 1.82) is 0 Å². The van der Waals surface area contributed by atoms with Crippen LogP contribution in [0.1, 0.15) is 23.2 Å². The van der Waals surface area contributed by atoms with Gasteiger partial charge in [-0.05, 0) is 54.0 Å². The van der Waals surface area contributed by atoms with Crippen molar-refractivity contribution in [1.82, 2.24) is 10.2 Å². The molecule has 0 radical (unpaired) electrons. The van der Waals surface area contributed by atoms with Crippen molar-refractivity contribution in [2.75, 3.05) is 20.1 Å². The average Bonchev–Trinajstić information content (AvgIpc) is 2.47. The van der Waals surface area contributed by atoms with Gasteiger partial charge in [0, 0.05) is 13.1 Å². The number of hydrogen-bond donors (Lipinski definition) is 2. The van der Waals surface area contributed by atoms with Gasteiger partial charge in [0.2, 0.25) is 10.0 Å². The molecule has 0 spiro atoms. The molecular formula is C13H17BrFN3O3S. The molecule has 1 heterocycles. The Balaban J connectivity index is 2.39. The zero-order valence-electron chi connectivity index (χ0n) is 12.0. The molecule has 0 unspecified atom stereocenters. The summed E-state index contributed by atoms with van der Waals surface area (Å²) in [5.74, 6) is -1.27. The van der Waals surface area contributed by atoms with E-state index in [2.05, 4.69) is 21.2 Å². The number of halogens is 2. The number of nitrogens with one attached hydrogen (secondary N) is 1. The van der Waals surface area contributed by atoms with Gasteiger partial charge in [-0.15, -0.1) is 0 Å². The number of amides is 1. The lowest BCUT2D eigenvalue weighted by molar-refractivity contribution is 0.0701. The molecule has 1 aromatic carbocycles. The number of benzene rings is 1. The standard InChI is InChI=1S/C13H17BrFN3O3S/c1-18(9-2-4-17-5-3-9)13(19)10-6-8(15)7-11(12(10)14)22(16,20)21/h6-7,9,17H,2-5H2,1H3,(H2,16,20,21). The number of carbonyl (C=O) groups excluding carboxylic acids is 1. The van der Waals surface area contributed by atoms with Crippen LogP contribution in [0.3, 0.4) is 0 Å². The second-order valence-electron chi connectivity index (χ2n) is 5.21. The molecule has 0 aliphatic carbocycles. The van der Waals surface area contributed by atoms with Gasteiger partial charge in [0.25, 0.3) is 5.91 Å². The molecule has 1 aromatic rings. The molecule has 122 valence electrons. The number of rotatable bonds is 3. The fourth-order valence-corrected chi connectivity index (χ4v) is 4.19. The summed E-state index contributed by atoms with van der Waals surface area (Å²) < 4.78 is 36.7. The molecule has 1 aliphatic rings.